The second-order valence-electron chi connectivity index (χ2n) is 5.00. The van der Waals surface area contributed by atoms with Gasteiger partial charge in [0.1, 0.15) is 5.84 Å². The van der Waals surface area contributed by atoms with E-state index in [0.29, 0.717) is 22.4 Å². The Morgan fingerprint density at radius 2 is 2.00 bits per heavy atom. The number of anilines is 1. The molecular formula is C17H23Cl2N5O. The van der Waals surface area contributed by atoms with Crippen LogP contribution in [0.5, 0.6) is 0 Å². The van der Waals surface area contributed by atoms with Gasteiger partial charge in [-0.3, -0.25) is 9.80 Å². The van der Waals surface area contributed by atoms with Crippen LogP contribution in [0, 0.1) is 5.92 Å². The van der Waals surface area contributed by atoms with Crippen LogP contribution in [0.1, 0.15) is 20.8 Å². The zero-order valence-electron chi connectivity index (χ0n) is 14.5. The maximum absolute atomic E-state index is 12.1. The summed E-state index contributed by atoms with van der Waals surface area (Å²) in [5, 5.41) is 9.85. The van der Waals surface area contributed by atoms with E-state index >= 15 is 0 Å². The molecule has 1 aromatic rings. The number of nitrogens with two attached hydrogens (primary N) is 2. The van der Waals surface area contributed by atoms with E-state index in [1.54, 1.807) is 17.1 Å². The number of carbonyl (C=O) groups excluding carboxylic acids is 1. The molecule has 1 heterocycles. The normalized spacial score (nSPS) is 17.2. The van der Waals surface area contributed by atoms with Crippen LogP contribution in [0.15, 0.2) is 47.3 Å². The van der Waals surface area contributed by atoms with Crippen molar-refractivity contribution in [1.82, 2.24) is 5.32 Å². The Kier molecular flexibility index (Phi) is 8.31. The molecule has 6 nitrogen and oxygen atoms in total. The van der Waals surface area contributed by atoms with Crippen molar-refractivity contribution in [3.63, 3.8) is 0 Å². The fourth-order valence-corrected chi connectivity index (χ4v) is 2.36. The molecule has 0 spiro atoms. The van der Waals surface area contributed by atoms with Gasteiger partial charge in [0.25, 0.3) is 5.91 Å². The first-order chi connectivity index (χ1) is 12.0. The van der Waals surface area contributed by atoms with E-state index in [0.717, 1.165) is 5.69 Å². The van der Waals surface area contributed by atoms with Crippen LogP contribution in [-0.2, 0) is 4.79 Å². The van der Waals surface area contributed by atoms with E-state index in [9.17, 15) is 4.79 Å². The van der Waals surface area contributed by atoms with Crippen LogP contribution >= 0.6 is 23.2 Å². The van der Waals surface area contributed by atoms with Crippen LogP contribution in [0.3, 0.4) is 0 Å². The van der Waals surface area contributed by atoms with Crippen LogP contribution < -0.4 is 21.8 Å². The van der Waals surface area contributed by atoms with Gasteiger partial charge in [-0.15, -0.1) is 0 Å². The topological polar surface area (TPSA) is 96.7 Å². The molecule has 0 saturated carbocycles. The maximum Gasteiger partial charge on any atom is 0.258 e. The van der Waals surface area contributed by atoms with Crippen molar-refractivity contribution in [2.75, 3.05) is 11.6 Å². The fraction of sp³-hybridized carbons (Fsp3) is 0.294. The lowest BCUT2D eigenvalue weighted by atomic mass is 10.1. The molecule has 136 valence electrons. The maximum atomic E-state index is 12.1. The van der Waals surface area contributed by atoms with Gasteiger partial charge in [-0.1, -0.05) is 44.0 Å². The third-order valence-electron chi connectivity index (χ3n) is 3.30. The Morgan fingerprint density at radius 3 is 2.56 bits per heavy atom. The number of halogens is 2. The Balaban J connectivity index is 0.00000151. The van der Waals surface area contributed by atoms with Crippen molar-refractivity contribution in [2.45, 2.75) is 20.8 Å². The summed E-state index contributed by atoms with van der Waals surface area (Å²) in [6, 6.07) is 5.25. The summed E-state index contributed by atoms with van der Waals surface area (Å²) in [4.78, 5) is 12.1. The number of rotatable bonds is 3. The van der Waals surface area contributed by atoms with Crippen molar-refractivity contribution in [3.05, 3.63) is 52.3 Å². The van der Waals surface area contributed by atoms with Crippen molar-refractivity contribution in [2.24, 2.45) is 22.5 Å². The van der Waals surface area contributed by atoms with E-state index in [4.69, 9.17) is 34.7 Å². The lowest BCUT2D eigenvalue weighted by molar-refractivity contribution is -0.115. The average molecular weight is 384 g/mol. The molecule has 25 heavy (non-hydrogen) atoms. The number of hydrogen-bond donors (Lipinski definition) is 3. The van der Waals surface area contributed by atoms with Gasteiger partial charge in [0, 0.05) is 12.1 Å². The first-order valence-corrected chi connectivity index (χ1v) is 8.64. The highest BCUT2D eigenvalue weighted by molar-refractivity contribution is 6.42. The summed E-state index contributed by atoms with van der Waals surface area (Å²) in [7, 11) is 0. The predicted octanol–water partition coefficient (Wildman–Crippen LogP) is 3.22. The standard InChI is InChI=1S/C15H17Cl2N5O.C2H6/c1-9-8-22(11-2-3-12(16)13(17)6-11)21-14(9)20-15(23)10(7-19)4-5-18;1-2/h2-7,9H,8,18-19H2,1H3,(H,20,21,23);1-2H3/b5-4-,10-7+;/t9-;/m0./s1. The molecule has 0 unspecified atom stereocenters. The number of benzene rings is 1. The largest absolute Gasteiger partial charge is 0.405 e. The fourth-order valence-electron chi connectivity index (χ4n) is 2.07. The van der Waals surface area contributed by atoms with Crippen LogP contribution in [-0.4, -0.2) is 18.3 Å². The summed E-state index contributed by atoms with van der Waals surface area (Å²) in [6.07, 6.45) is 3.86. The number of carbonyl (C=O) groups is 1. The summed E-state index contributed by atoms with van der Waals surface area (Å²) >= 11 is 11.9. The molecule has 0 aromatic heterocycles. The Morgan fingerprint density at radius 1 is 1.32 bits per heavy atom. The van der Waals surface area contributed by atoms with E-state index in [2.05, 4.69) is 10.4 Å². The Labute approximate surface area is 158 Å². The zero-order valence-corrected chi connectivity index (χ0v) is 16.0. The molecule has 1 amide bonds. The van der Waals surface area contributed by atoms with Crippen molar-refractivity contribution < 1.29 is 4.79 Å². The van der Waals surface area contributed by atoms with Gasteiger partial charge in [-0.05, 0) is 30.5 Å². The first kappa shape index (κ1) is 20.9. The number of amidine groups is 1. The highest BCUT2D eigenvalue weighted by Gasteiger charge is 2.26. The number of nitrogens with zero attached hydrogens (tertiary/aromatic N) is 2. The van der Waals surface area contributed by atoms with Crippen LogP contribution in [0.4, 0.5) is 5.69 Å². The van der Waals surface area contributed by atoms with Crippen LogP contribution in [0.25, 0.3) is 0 Å². The molecule has 2 rings (SSSR count). The minimum Gasteiger partial charge on any atom is -0.405 e. The molecule has 0 fully saturated rings. The van der Waals surface area contributed by atoms with Gasteiger partial charge in [-0.2, -0.15) is 5.10 Å². The molecule has 0 aliphatic carbocycles. The first-order valence-electron chi connectivity index (χ1n) is 7.89. The molecular weight excluding hydrogens is 361 g/mol. The van der Waals surface area contributed by atoms with Gasteiger partial charge in [0.05, 0.1) is 27.9 Å². The molecule has 1 atom stereocenters. The van der Waals surface area contributed by atoms with E-state index in [1.165, 1.54) is 18.5 Å². The zero-order chi connectivity index (χ0) is 19.0. The minimum absolute atomic E-state index is 0.0364. The number of hydrazone groups is 1. The molecule has 0 radical (unpaired) electrons. The summed E-state index contributed by atoms with van der Waals surface area (Å²) in [5.41, 5.74) is 11.8. The summed E-state index contributed by atoms with van der Waals surface area (Å²) < 4.78 is 0. The molecule has 1 aliphatic heterocycles. The van der Waals surface area contributed by atoms with Gasteiger partial charge in [0.2, 0.25) is 0 Å². The lowest BCUT2D eigenvalue weighted by Gasteiger charge is -2.14. The predicted molar refractivity (Wildman–Crippen MR) is 105 cm³/mol. The third kappa shape index (κ3) is 5.41. The van der Waals surface area contributed by atoms with E-state index < -0.39 is 0 Å². The van der Waals surface area contributed by atoms with Crippen molar-refractivity contribution in [1.29, 1.82) is 0 Å². The van der Waals surface area contributed by atoms with E-state index in [-0.39, 0.29) is 17.4 Å². The van der Waals surface area contributed by atoms with Crippen molar-refractivity contribution >= 4 is 40.6 Å². The number of nitrogens with one attached hydrogen (secondary N) is 1. The van der Waals surface area contributed by atoms with Crippen LogP contribution in [0.2, 0.25) is 10.0 Å². The Bertz CT molecular complexity index is 700. The third-order valence-corrected chi connectivity index (χ3v) is 4.04. The molecule has 0 bridgehead atoms. The molecule has 0 saturated heterocycles. The van der Waals surface area contributed by atoms with Gasteiger partial charge in [-0.25, -0.2) is 0 Å². The monoisotopic (exact) mass is 383 g/mol. The lowest BCUT2D eigenvalue weighted by Crippen LogP contribution is -2.34. The number of amides is 1. The quantitative estimate of drug-likeness (QED) is 0.551. The molecule has 1 aliphatic rings. The van der Waals surface area contributed by atoms with Gasteiger partial charge < -0.3 is 16.8 Å². The van der Waals surface area contributed by atoms with Gasteiger partial charge >= 0.3 is 0 Å². The molecule has 8 heteroatoms. The highest BCUT2D eigenvalue weighted by atomic mass is 35.5. The summed E-state index contributed by atoms with van der Waals surface area (Å²) in [5.74, 6) is 0.218. The Hall–Kier alpha value is -2.18. The number of hydrogen-bond acceptors (Lipinski definition) is 5. The second kappa shape index (κ2) is 9.96. The summed E-state index contributed by atoms with van der Waals surface area (Å²) in [6.45, 7) is 6.57. The van der Waals surface area contributed by atoms with Gasteiger partial charge in [0.15, 0.2) is 0 Å². The van der Waals surface area contributed by atoms with Crippen molar-refractivity contribution in [3.8, 4) is 0 Å². The smallest absolute Gasteiger partial charge is 0.258 e. The average Bonchev–Trinajstić information content (AvgIpc) is 2.97. The second-order valence-corrected chi connectivity index (χ2v) is 5.82. The molecule has 5 N–H and O–H groups in total. The van der Waals surface area contributed by atoms with E-state index in [1.807, 2.05) is 26.8 Å². The molecule has 1 aromatic carbocycles. The SMILES string of the molecule is CC.C[C@H]1CN(c2ccc(Cl)c(Cl)c2)N=C1NC(=O)C(/C=C\N)=C/N. The highest BCUT2D eigenvalue weighted by Crippen LogP contribution is 2.29. The minimum atomic E-state index is -0.365.